The minimum Gasteiger partial charge on any atom is -0.598 e. The second-order valence-corrected chi connectivity index (χ2v) is 13.5. The highest BCUT2D eigenvalue weighted by Crippen LogP contribution is 2.45. The molecule has 238 valence electrons. The number of hydrogen-bond acceptors (Lipinski definition) is 8. The lowest BCUT2D eigenvalue weighted by atomic mass is 10.2. The topological polar surface area (TPSA) is 99.7 Å². The molecule has 1 aliphatic carbocycles. The lowest BCUT2D eigenvalue weighted by Crippen LogP contribution is -2.49. The van der Waals surface area contributed by atoms with Gasteiger partial charge in [-0.3, -0.25) is 4.79 Å². The van der Waals surface area contributed by atoms with Gasteiger partial charge in [0.1, 0.15) is 28.7 Å². The van der Waals surface area contributed by atoms with Crippen LogP contribution in [-0.2, 0) is 17.1 Å². The maximum atomic E-state index is 13.9. The Morgan fingerprint density at radius 2 is 1.67 bits per heavy atom. The molecular formula is C33H30F3N5O4S. The van der Waals surface area contributed by atoms with Crippen LogP contribution in [0.15, 0.2) is 76.1 Å². The first-order valence-corrected chi connectivity index (χ1v) is 16.2. The molecule has 0 spiro atoms. The summed E-state index contributed by atoms with van der Waals surface area (Å²) in [5.41, 5.74) is 2.50. The average molecular weight is 650 g/mol. The molecule has 46 heavy (non-hydrogen) atoms. The Balaban J connectivity index is 1.05. The number of fused-ring (bicyclic) bond motifs is 1. The average Bonchev–Trinajstić information content (AvgIpc) is 3.62. The van der Waals surface area contributed by atoms with E-state index in [-0.39, 0.29) is 28.4 Å². The zero-order valence-electron chi connectivity index (χ0n) is 24.9. The van der Waals surface area contributed by atoms with Crippen LogP contribution in [-0.4, -0.2) is 56.4 Å². The molecule has 0 amide bonds. The normalized spacial score (nSPS) is 16.9. The quantitative estimate of drug-likeness (QED) is 0.190. The highest BCUT2D eigenvalue weighted by molar-refractivity contribution is 7.88. The molecule has 1 atom stereocenters. The number of nitrogens with zero attached hydrogens (tertiary/aromatic N) is 5. The second kappa shape index (κ2) is 12.1. The molecule has 0 unspecified atom stereocenters. The summed E-state index contributed by atoms with van der Waals surface area (Å²) in [5, 5.41) is 4.23. The van der Waals surface area contributed by atoms with Crippen LogP contribution in [0.4, 0.5) is 18.9 Å². The molecule has 2 aromatic heterocycles. The van der Waals surface area contributed by atoms with Gasteiger partial charge in [0, 0.05) is 47.1 Å². The van der Waals surface area contributed by atoms with Crippen LogP contribution in [0.25, 0.3) is 28.2 Å². The largest absolute Gasteiger partial charge is 0.598 e. The number of piperazine rings is 1. The molecule has 9 nitrogen and oxygen atoms in total. The molecule has 0 bridgehead atoms. The SMILES string of the molecule is CC1(COc2c(N3CCN([S@+]([O-])Cc4ccc5nc(-c6ccc(F)cc6)oc5c4)CC3)cnn(-c3cc(F)cc(F)c3)c2=O)CC1. The number of rotatable bonds is 9. The number of benzene rings is 3. The van der Waals surface area contributed by atoms with Gasteiger partial charge in [-0.05, 0) is 61.4 Å². The standard InChI is InChI=1S/C33H30F3N5O4S/c1-33(8-9-33)20-44-30-28(18-37-41(32(30)42)26-16-24(35)15-25(36)17-26)39-10-12-40(13-11-39)46(43)19-21-2-7-27-29(14-21)45-31(38-27)22-3-5-23(34)6-4-22/h2-7,14-18H,8-13,19-20H2,1H3/t46-/m1/s1. The third-order valence-corrected chi connectivity index (χ3v) is 9.90. The Bertz CT molecular complexity index is 1940. The number of ether oxygens (including phenoxy) is 1. The Morgan fingerprint density at radius 3 is 2.37 bits per heavy atom. The molecule has 5 aromatic rings. The lowest BCUT2D eigenvalue weighted by Gasteiger charge is -2.36. The van der Waals surface area contributed by atoms with Crippen LogP contribution in [0, 0.1) is 22.9 Å². The summed E-state index contributed by atoms with van der Waals surface area (Å²) in [6.45, 7) is 4.25. The van der Waals surface area contributed by atoms with Crippen molar-refractivity contribution in [2.75, 3.05) is 37.7 Å². The first-order valence-electron chi connectivity index (χ1n) is 14.9. The fourth-order valence-corrected chi connectivity index (χ4v) is 6.60. The van der Waals surface area contributed by atoms with Crippen molar-refractivity contribution < 1.29 is 26.9 Å². The second-order valence-electron chi connectivity index (χ2n) is 12.0. The minimum atomic E-state index is -1.33. The van der Waals surface area contributed by atoms with E-state index in [2.05, 4.69) is 17.0 Å². The van der Waals surface area contributed by atoms with E-state index in [9.17, 15) is 22.5 Å². The van der Waals surface area contributed by atoms with Crippen molar-refractivity contribution in [3.8, 4) is 22.9 Å². The zero-order valence-corrected chi connectivity index (χ0v) is 25.7. The van der Waals surface area contributed by atoms with Gasteiger partial charge in [-0.1, -0.05) is 13.0 Å². The lowest BCUT2D eigenvalue weighted by molar-refractivity contribution is 0.242. The first-order chi connectivity index (χ1) is 22.1. The summed E-state index contributed by atoms with van der Waals surface area (Å²) in [5.74, 6) is -1.26. The van der Waals surface area contributed by atoms with Gasteiger partial charge in [-0.2, -0.15) is 9.78 Å². The van der Waals surface area contributed by atoms with Gasteiger partial charge in [0.25, 0.3) is 0 Å². The van der Waals surface area contributed by atoms with Crippen molar-refractivity contribution in [2.45, 2.75) is 25.5 Å². The summed E-state index contributed by atoms with van der Waals surface area (Å²) in [6.07, 6.45) is 3.45. The van der Waals surface area contributed by atoms with Gasteiger partial charge in [0.2, 0.25) is 11.6 Å². The molecule has 3 heterocycles. The Morgan fingerprint density at radius 1 is 0.957 bits per heavy atom. The van der Waals surface area contributed by atoms with Gasteiger partial charge in [0.15, 0.2) is 11.3 Å². The van der Waals surface area contributed by atoms with E-state index in [4.69, 9.17) is 9.15 Å². The van der Waals surface area contributed by atoms with Gasteiger partial charge in [-0.15, -0.1) is 4.31 Å². The van der Waals surface area contributed by atoms with Crippen LogP contribution in [0.3, 0.4) is 0 Å². The van der Waals surface area contributed by atoms with E-state index in [1.807, 2.05) is 27.4 Å². The van der Waals surface area contributed by atoms with Gasteiger partial charge in [-0.25, -0.2) is 18.2 Å². The predicted octanol–water partition coefficient (Wildman–Crippen LogP) is 5.62. The zero-order chi connectivity index (χ0) is 32.0. The summed E-state index contributed by atoms with van der Waals surface area (Å²) in [6, 6.07) is 14.2. The fourth-order valence-electron chi connectivity index (χ4n) is 5.38. The Labute approximate surface area is 265 Å². The van der Waals surface area contributed by atoms with Gasteiger partial charge in [0.05, 0.1) is 31.6 Å². The smallest absolute Gasteiger partial charge is 0.316 e. The molecule has 1 aliphatic heterocycles. The number of anilines is 1. The molecule has 1 saturated carbocycles. The van der Waals surface area contributed by atoms with E-state index in [1.165, 1.54) is 18.3 Å². The number of halogens is 3. The molecule has 1 saturated heterocycles. The first kappa shape index (κ1) is 30.3. The van der Waals surface area contributed by atoms with Crippen LogP contribution >= 0.6 is 0 Å². The van der Waals surface area contributed by atoms with Crippen molar-refractivity contribution in [3.63, 3.8) is 0 Å². The monoisotopic (exact) mass is 649 g/mol. The summed E-state index contributed by atoms with van der Waals surface area (Å²) in [4.78, 5) is 20.0. The number of oxazole rings is 1. The summed E-state index contributed by atoms with van der Waals surface area (Å²) >= 11 is -1.33. The van der Waals surface area contributed by atoms with Gasteiger partial charge >= 0.3 is 5.56 Å². The van der Waals surface area contributed by atoms with Crippen molar-refractivity contribution in [1.29, 1.82) is 0 Å². The molecule has 0 radical (unpaired) electrons. The molecule has 7 rings (SSSR count). The van der Waals surface area contributed by atoms with Crippen molar-refractivity contribution in [3.05, 3.63) is 100 Å². The maximum Gasteiger partial charge on any atom is 0.316 e. The van der Waals surface area contributed by atoms with Crippen molar-refractivity contribution in [1.82, 2.24) is 19.1 Å². The van der Waals surface area contributed by atoms with E-state index < -0.39 is 28.6 Å². The van der Waals surface area contributed by atoms with E-state index in [0.717, 1.165) is 41.3 Å². The molecule has 13 heteroatoms. The van der Waals surface area contributed by atoms with Crippen LogP contribution in [0.1, 0.15) is 25.3 Å². The van der Waals surface area contributed by atoms with Crippen LogP contribution in [0.2, 0.25) is 0 Å². The predicted molar refractivity (Wildman–Crippen MR) is 168 cm³/mol. The van der Waals surface area contributed by atoms with Crippen molar-refractivity contribution in [2.24, 2.45) is 5.41 Å². The summed E-state index contributed by atoms with van der Waals surface area (Å²) < 4.78 is 69.4. The summed E-state index contributed by atoms with van der Waals surface area (Å²) in [7, 11) is 0. The van der Waals surface area contributed by atoms with Crippen LogP contribution < -0.4 is 15.2 Å². The Kier molecular flexibility index (Phi) is 7.99. The fraction of sp³-hybridized carbons (Fsp3) is 0.303. The molecule has 2 fully saturated rings. The minimum absolute atomic E-state index is 0.0182. The third kappa shape index (κ3) is 6.35. The molecule has 0 N–H and O–H groups in total. The number of aromatic nitrogens is 3. The van der Waals surface area contributed by atoms with E-state index in [0.29, 0.717) is 61.0 Å². The van der Waals surface area contributed by atoms with Gasteiger partial charge < -0.3 is 18.6 Å². The highest BCUT2D eigenvalue weighted by atomic mass is 32.2. The van der Waals surface area contributed by atoms with E-state index in [1.54, 1.807) is 12.1 Å². The highest BCUT2D eigenvalue weighted by Gasteiger charge is 2.39. The molecular weight excluding hydrogens is 619 g/mol. The maximum absolute atomic E-state index is 13.9. The third-order valence-electron chi connectivity index (χ3n) is 8.38. The number of hydrogen-bond donors (Lipinski definition) is 0. The van der Waals surface area contributed by atoms with E-state index >= 15 is 0 Å². The Hall–Kier alpha value is -4.33. The molecule has 3 aromatic carbocycles. The molecule has 2 aliphatic rings. The van der Waals surface area contributed by atoms with Crippen molar-refractivity contribution >= 4 is 28.1 Å². The van der Waals surface area contributed by atoms with Crippen LogP contribution in [0.5, 0.6) is 5.75 Å².